The Hall–Kier alpha value is -0.120. The van der Waals surface area contributed by atoms with Gasteiger partial charge in [0, 0.05) is 0 Å². The third kappa shape index (κ3) is 1.43. The van der Waals surface area contributed by atoms with Gasteiger partial charge in [-0.2, -0.15) is 0 Å². The number of rotatable bonds is 0. The molecule has 0 amide bonds. The molecule has 1 fully saturated rings. The van der Waals surface area contributed by atoms with Crippen LogP contribution < -0.4 is 5.32 Å². The average Bonchev–Trinajstić information content (AvgIpc) is 1.69. The first-order chi connectivity index (χ1) is 3.39. The van der Waals surface area contributed by atoms with Crippen molar-refractivity contribution in [1.82, 2.24) is 10.2 Å². The zero-order chi connectivity index (χ0) is 5.11. The quantitative estimate of drug-likeness (QED) is 0.442. The highest BCUT2D eigenvalue weighted by Crippen LogP contribution is 1.84. The van der Waals surface area contributed by atoms with Crippen LogP contribution in [-0.2, 0) is 4.74 Å². The van der Waals surface area contributed by atoms with E-state index >= 15 is 0 Å². The maximum atomic E-state index is 5.00. The summed E-state index contributed by atoms with van der Waals surface area (Å²) in [7, 11) is 2.01. The first-order valence-corrected chi connectivity index (χ1v) is 2.36. The van der Waals surface area contributed by atoms with Crippen molar-refractivity contribution in [3.63, 3.8) is 0 Å². The van der Waals surface area contributed by atoms with Crippen molar-refractivity contribution in [3.8, 4) is 0 Å². The molecule has 3 heteroatoms. The SMILES string of the molecule is CN1CNCOC1. The minimum Gasteiger partial charge on any atom is -0.351 e. The van der Waals surface area contributed by atoms with Crippen LogP contribution in [0.3, 0.4) is 0 Å². The maximum Gasteiger partial charge on any atom is 0.102 e. The molecule has 0 unspecified atom stereocenters. The molecule has 0 atom stereocenters. The van der Waals surface area contributed by atoms with Crippen LogP contribution in [0.15, 0.2) is 0 Å². The van der Waals surface area contributed by atoms with Crippen molar-refractivity contribution < 1.29 is 4.74 Å². The first-order valence-electron chi connectivity index (χ1n) is 2.36. The molecule has 0 spiro atoms. The number of hydrogen-bond donors (Lipinski definition) is 1. The lowest BCUT2D eigenvalue weighted by molar-refractivity contribution is -0.0179. The molecule has 1 aliphatic rings. The number of nitrogens with zero attached hydrogens (tertiary/aromatic N) is 1. The highest BCUT2D eigenvalue weighted by atomic mass is 16.5. The second-order valence-electron chi connectivity index (χ2n) is 1.74. The summed E-state index contributed by atoms with van der Waals surface area (Å²) in [5, 5.41) is 3.04. The van der Waals surface area contributed by atoms with Crippen molar-refractivity contribution in [1.29, 1.82) is 0 Å². The van der Waals surface area contributed by atoms with Crippen LogP contribution in [-0.4, -0.2) is 32.1 Å². The summed E-state index contributed by atoms with van der Waals surface area (Å²) < 4.78 is 5.00. The Morgan fingerprint density at radius 2 is 2.57 bits per heavy atom. The van der Waals surface area contributed by atoms with Gasteiger partial charge in [0.2, 0.25) is 0 Å². The van der Waals surface area contributed by atoms with Gasteiger partial charge >= 0.3 is 0 Å². The van der Waals surface area contributed by atoms with E-state index in [0.29, 0.717) is 6.73 Å². The molecule has 0 radical (unpaired) electrons. The van der Waals surface area contributed by atoms with E-state index in [-0.39, 0.29) is 0 Å². The lowest BCUT2D eigenvalue weighted by Gasteiger charge is -2.22. The van der Waals surface area contributed by atoms with Crippen molar-refractivity contribution in [2.24, 2.45) is 0 Å². The molecule has 1 rings (SSSR count). The van der Waals surface area contributed by atoms with Gasteiger partial charge in [-0.1, -0.05) is 0 Å². The fraction of sp³-hybridized carbons (Fsp3) is 1.00. The van der Waals surface area contributed by atoms with Crippen LogP contribution in [0.5, 0.6) is 0 Å². The Morgan fingerprint density at radius 3 is 2.86 bits per heavy atom. The third-order valence-corrected chi connectivity index (χ3v) is 0.898. The molecule has 42 valence electrons. The number of hydrogen-bond acceptors (Lipinski definition) is 3. The fourth-order valence-electron chi connectivity index (χ4n) is 0.556. The second-order valence-corrected chi connectivity index (χ2v) is 1.74. The van der Waals surface area contributed by atoms with Gasteiger partial charge < -0.3 is 4.74 Å². The molecule has 7 heavy (non-hydrogen) atoms. The molecule has 0 aromatic heterocycles. The summed E-state index contributed by atoms with van der Waals surface area (Å²) in [5.41, 5.74) is 0. The topological polar surface area (TPSA) is 24.5 Å². The minimum absolute atomic E-state index is 0.699. The van der Waals surface area contributed by atoms with Crippen LogP contribution in [0.4, 0.5) is 0 Å². The van der Waals surface area contributed by atoms with Crippen molar-refractivity contribution in [2.75, 3.05) is 27.2 Å². The summed E-state index contributed by atoms with van der Waals surface area (Å²) in [6, 6.07) is 0. The fourth-order valence-corrected chi connectivity index (χ4v) is 0.556. The predicted molar refractivity (Wildman–Crippen MR) is 26.6 cm³/mol. The zero-order valence-electron chi connectivity index (χ0n) is 4.48. The van der Waals surface area contributed by atoms with Crippen LogP contribution in [0.1, 0.15) is 0 Å². The Labute approximate surface area is 43.3 Å². The Balaban J connectivity index is 2.12. The number of nitrogens with one attached hydrogen (secondary N) is 1. The Kier molecular flexibility index (Phi) is 1.62. The molecule has 1 heterocycles. The van der Waals surface area contributed by atoms with Crippen molar-refractivity contribution in [3.05, 3.63) is 0 Å². The molecule has 0 aromatic carbocycles. The minimum atomic E-state index is 0.699. The normalized spacial score (nSPS) is 25.3. The molecular weight excluding hydrogens is 92.1 g/mol. The lowest BCUT2D eigenvalue weighted by Crippen LogP contribution is -2.40. The summed E-state index contributed by atoms with van der Waals surface area (Å²) in [5.74, 6) is 0. The summed E-state index contributed by atoms with van der Waals surface area (Å²) in [4.78, 5) is 2.06. The van der Waals surface area contributed by atoms with E-state index in [2.05, 4.69) is 10.2 Å². The van der Waals surface area contributed by atoms with E-state index in [1.54, 1.807) is 0 Å². The van der Waals surface area contributed by atoms with E-state index in [9.17, 15) is 0 Å². The Morgan fingerprint density at radius 1 is 1.71 bits per heavy atom. The van der Waals surface area contributed by atoms with Crippen molar-refractivity contribution >= 4 is 0 Å². The van der Waals surface area contributed by atoms with E-state index in [1.165, 1.54) is 0 Å². The van der Waals surface area contributed by atoms with Gasteiger partial charge in [-0.05, 0) is 7.05 Å². The van der Waals surface area contributed by atoms with E-state index in [0.717, 1.165) is 13.4 Å². The first kappa shape index (κ1) is 5.03. The van der Waals surface area contributed by atoms with Crippen LogP contribution in [0, 0.1) is 0 Å². The van der Waals surface area contributed by atoms with E-state index < -0.39 is 0 Å². The second kappa shape index (κ2) is 2.26. The third-order valence-electron chi connectivity index (χ3n) is 0.898. The van der Waals surface area contributed by atoms with E-state index in [1.807, 2.05) is 7.05 Å². The smallest absolute Gasteiger partial charge is 0.102 e. The molecule has 0 bridgehead atoms. The van der Waals surface area contributed by atoms with Gasteiger partial charge in [-0.25, -0.2) is 0 Å². The van der Waals surface area contributed by atoms with Gasteiger partial charge in [0.25, 0.3) is 0 Å². The molecule has 0 aliphatic carbocycles. The van der Waals surface area contributed by atoms with Crippen LogP contribution in [0.2, 0.25) is 0 Å². The van der Waals surface area contributed by atoms with Crippen LogP contribution >= 0.6 is 0 Å². The lowest BCUT2D eigenvalue weighted by atomic mass is 10.8. The standard InChI is InChI=1S/C4H10N2O/c1-6-2-5-3-7-4-6/h5H,2-4H2,1H3. The molecule has 1 N–H and O–H groups in total. The maximum absolute atomic E-state index is 5.00. The van der Waals surface area contributed by atoms with Crippen LogP contribution in [0.25, 0.3) is 0 Å². The number of ether oxygens (including phenoxy) is 1. The average molecular weight is 102 g/mol. The highest BCUT2D eigenvalue weighted by Gasteiger charge is 2.00. The monoisotopic (exact) mass is 102 g/mol. The van der Waals surface area contributed by atoms with Gasteiger partial charge in [0.05, 0.1) is 13.4 Å². The molecule has 0 saturated carbocycles. The largest absolute Gasteiger partial charge is 0.351 e. The molecular formula is C4H10N2O. The van der Waals surface area contributed by atoms with Gasteiger partial charge in [0.1, 0.15) is 6.73 Å². The molecule has 1 aliphatic heterocycles. The highest BCUT2D eigenvalue weighted by molar-refractivity contribution is 4.44. The predicted octanol–water partition coefficient (Wildman–Crippen LogP) is -0.590. The molecule has 3 nitrogen and oxygen atoms in total. The van der Waals surface area contributed by atoms with Gasteiger partial charge in [-0.15, -0.1) is 0 Å². The van der Waals surface area contributed by atoms with Gasteiger partial charge in [0.15, 0.2) is 0 Å². The van der Waals surface area contributed by atoms with Gasteiger partial charge in [-0.3, -0.25) is 10.2 Å². The molecule has 0 aromatic rings. The Bertz CT molecular complexity index is 51.7. The molecule has 1 saturated heterocycles. The zero-order valence-corrected chi connectivity index (χ0v) is 4.48. The summed E-state index contributed by atoms with van der Waals surface area (Å²) in [6.07, 6.45) is 0. The summed E-state index contributed by atoms with van der Waals surface area (Å²) in [6.45, 7) is 2.40. The van der Waals surface area contributed by atoms with E-state index in [4.69, 9.17) is 4.74 Å². The van der Waals surface area contributed by atoms with Crippen molar-refractivity contribution in [2.45, 2.75) is 0 Å². The summed E-state index contributed by atoms with van der Waals surface area (Å²) >= 11 is 0.